The van der Waals surface area contributed by atoms with Gasteiger partial charge in [0.2, 0.25) is 21.8 Å². The van der Waals surface area contributed by atoms with Crippen molar-refractivity contribution in [1.29, 1.82) is 0 Å². The van der Waals surface area contributed by atoms with Crippen LogP contribution in [0.1, 0.15) is 44.1 Å². The zero-order valence-electron chi connectivity index (χ0n) is 23.4. The molecule has 2 saturated heterocycles. The van der Waals surface area contributed by atoms with Crippen LogP contribution in [0.2, 0.25) is 0 Å². The zero-order chi connectivity index (χ0) is 29.7. The smallest absolute Gasteiger partial charge is 0.328 e. The van der Waals surface area contributed by atoms with Gasteiger partial charge >= 0.3 is 5.97 Å². The number of methoxy groups -OCH3 is 1. The highest BCUT2D eigenvalue weighted by molar-refractivity contribution is 7.89. The number of rotatable bonds is 10. The molecule has 41 heavy (non-hydrogen) atoms. The highest BCUT2D eigenvalue weighted by atomic mass is 32.2. The standard InChI is InChI=1S/C28H38N4O8S/c1-19-5-7-21(8-6-19)41(38,39)32-15-3-4-23(32)27(36)29-22(28(37)40-2)9-10-24(33)30-16-13-20(14-17-30)18-31-25(34)11-12-26(31)35/h5-8,11-12,20,22-23,34-35H,3-4,9-10,13-18H2,1-2H3,(H,29,36)/t22-,23-/m0/s1. The van der Waals surface area contributed by atoms with E-state index < -0.39 is 34.0 Å². The molecule has 13 heteroatoms. The van der Waals surface area contributed by atoms with E-state index in [2.05, 4.69) is 5.32 Å². The number of hydrogen-bond donors (Lipinski definition) is 3. The first-order chi connectivity index (χ1) is 19.5. The zero-order valence-corrected chi connectivity index (χ0v) is 24.2. The van der Waals surface area contributed by atoms with Gasteiger partial charge < -0.3 is 25.2 Å². The van der Waals surface area contributed by atoms with Crippen LogP contribution in [0.3, 0.4) is 0 Å². The molecule has 2 aliphatic rings. The molecule has 1 aromatic heterocycles. The van der Waals surface area contributed by atoms with Crippen molar-refractivity contribution in [2.75, 3.05) is 26.7 Å². The number of esters is 1. The number of hydrogen-bond acceptors (Lipinski definition) is 8. The van der Waals surface area contributed by atoms with Crippen molar-refractivity contribution in [3.63, 3.8) is 0 Å². The lowest BCUT2D eigenvalue weighted by Gasteiger charge is -2.32. The minimum atomic E-state index is -3.91. The topological polar surface area (TPSA) is 158 Å². The van der Waals surface area contributed by atoms with E-state index in [0.29, 0.717) is 45.3 Å². The van der Waals surface area contributed by atoms with E-state index in [4.69, 9.17) is 4.74 Å². The molecule has 12 nitrogen and oxygen atoms in total. The Hall–Kier alpha value is -3.58. The van der Waals surface area contributed by atoms with Crippen LogP contribution in [-0.4, -0.2) is 89.0 Å². The summed E-state index contributed by atoms with van der Waals surface area (Å²) in [4.78, 5) is 40.5. The number of piperidine rings is 1. The quantitative estimate of drug-likeness (QED) is 0.353. The van der Waals surface area contributed by atoms with Gasteiger partial charge in [0.15, 0.2) is 11.8 Å². The molecule has 0 saturated carbocycles. The summed E-state index contributed by atoms with van der Waals surface area (Å²) in [7, 11) is -2.72. The molecule has 0 spiro atoms. The molecule has 4 rings (SSSR count). The largest absolute Gasteiger partial charge is 0.494 e. The maximum Gasteiger partial charge on any atom is 0.328 e. The third-order valence-electron chi connectivity index (χ3n) is 7.93. The Morgan fingerprint density at radius 2 is 1.63 bits per heavy atom. The second-order valence-corrected chi connectivity index (χ2v) is 12.6. The molecular weight excluding hydrogens is 552 g/mol. The van der Waals surface area contributed by atoms with Crippen LogP contribution < -0.4 is 5.32 Å². The van der Waals surface area contributed by atoms with Gasteiger partial charge in [0.1, 0.15) is 12.1 Å². The summed E-state index contributed by atoms with van der Waals surface area (Å²) in [5, 5.41) is 22.4. The maximum atomic E-state index is 13.2. The molecule has 2 amide bonds. The Bertz CT molecular complexity index is 1330. The van der Waals surface area contributed by atoms with Crippen LogP contribution in [0, 0.1) is 12.8 Å². The van der Waals surface area contributed by atoms with Gasteiger partial charge in [-0.05, 0) is 57.1 Å². The van der Waals surface area contributed by atoms with Crippen molar-refractivity contribution in [2.45, 2.75) is 69.0 Å². The van der Waals surface area contributed by atoms with Crippen LogP contribution in [-0.2, 0) is 35.7 Å². The molecule has 2 aliphatic heterocycles. The molecule has 2 fully saturated rings. The van der Waals surface area contributed by atoms with Gasteiger partial charge in [-0.3, -0.25) is 14.2 Å². The van der Waals surface area contributed by atoms with Crippen LogP contribution in [0.4, 0.5) is 0 Å². The van der Waals surface area contributed by atoms with Gasteiger partial charge in [0.05, 0.1) is 12.0 Å². The number of carbonyl (C=O) groups excluding carboxylic acids is 3. The van der Waals surface area contributed by atoms with Crippen molar-refractivity contribution >= 4 is 27.8 Å². The van der Waals surface area contributed by atoms with Crippen LogP contribution in [0.5, 0.6) is 11.8 Å². The summed E-state index contributed by atoms with van der Waals surface area (Å²) in [5.41, 5.74) is 0.914. The Balaban J connectivity index is 1.32. The fraction of sp³-hybridized carbons (Fsp3) is 0.536. The van der Waals surface area contributed by atoms with Crippen LogP contribution >= 0.6 is 0 Å². The lowest BCUT2D eigenvalue weighted by molar-refractivity contribution is -0.146. The lowest BCUT2D eigenvalue weighted by Crippen LogP contribution is -2.51. The second-order valence-electron chi connectivity index (χ2n) is 10.7. The molecule has 3 heterocycles. The number of nitrogens with zero attached hydrogens (tertiary/aromatic N) is 3. The van der Waals surface area contributed by atoms with Crippen molar-refractivity contribution in [2.24, 2.45) is 5.92 Å². The first-order valence-corrected chi connectivity index (χ1v) is 15.3. The summed E-state index contributed by atoms with van der Waals surface area (Å²) in [5.74, 6) is -1.31. The maximum absolute atomic E-state index is 13.2. The average molecular weight is 591 g/mol. The number of carbonyl (C=O) groups is 3. The van der Waals surface area contributed by atoms with E-state index in [1.165, 1.54) is 40.2 Å². The van der Waals surface area contributed by atoms with E-state index in [9.17, 15) is 33.0 Å². The van der Waals surface area contributed by atoms with Gasteiger partial charge in [0, 0.05) is 44.7 Å². The Kier molecular flexibility index (Phi) is 9.59. The molecule has 0 aliphatic carbocycles. The van der Waals surface area contributed by atoms with Gasteiger partial charge in [-0.25, -0.2) is 13.2 Å². The van der Waals surface area contributed by atoms with Crippen LogP contribution in [0.15, 0.2) is 41.3 Å². The predicted octanol–water partition coefficient (Wildman–Crippen LogP) is 1.74. The van der Waals surface area contributed by atoms with Crippen molar-refractivity contribution in [3.8, 4) is 11.8 Å². The van der Waals surface area contributed by atoms with E-state index in [-0.39, 0.29) is 47.9 Å². The molecular formula is C28H38N4O8S. The van der Waals surface area contributed by atoms with E-state index in [1.807, 2.05) is 6.92 Å². The average Bonchev–Trinajstić information content (AvgIpc) is 3.59. The van der Waals surface area contributed by atoms with Crippen molar-refractivity contribution in [3.05, 3.63) is 42.0 Å². The molecule has 224 valence electrons. The normalized spacial score (nSPS) is 19.2. The summed E-state index contributed by atoms with van der Waals surface area (Å²) in [6.45, 7) is 3.48. The van der Waals surface area contributed by atoms with Gasteiger partial charge in [0.25, 0.3) is 0 Å². The van der Waals surface area contributed by atoms with Gasteiger partial charge in [-0.1, -0.05) is 17.7 Å². The number of nitrogens with one attached hydrogen (secondary N) is 1. The molecule has 3 N–H and O–H groups in total. The fourth-order valence-corrected chi connectivity index (χ4v) is 7.13. The molecule has 1 aromatic carbocycles. The molecule has 2 atom stereocenters. The highest BCUT2D eigenvalue weighted by Crippen LogP contribution is 2.28. The third-order valence-corrected chi connectivity index (χ3v) is 9.85. The fourth-order valence-electron chi connectivity index (χ4n) is 5.48. The summed E-state index contributed by atoms with van der Waals surface area (Å²) in [6, 6.07) is 7.21. The number of aromatic hydroxyl groups is 2. The Morgan fingerprint density at radius 3 is 2.24 bits per heavy atom. The second kappa shape index (κ2) is 12.9. The minimum Gasteiger partial charge on any atom is -0.494 e. The Labute approximate surface area is 239 Å². The first-order valence-electron chi connectivity index (χ1n) is 13.8. The number of sulfonamides is 1. The highest BCUT2D eigenvalue weighted by Gasteiger charge is 2.40. The summed E-state index contributed by atoms with van der Waals surface area (Å²) >= 11 is 0. The summed E-state index contributed by atoms with van der Waals surface area (Å²) < 4.78 is 34.0. The van der Waals surface area contributed by atoms with E-state index in [1.54, 1.807) is 17.0 Å². The lowest BCUT2D eigenvalue weighted by atomic mass is 9.96. The number of likely N-dealkylation sites (tertiary alicyclic amines) is 1. The number of benzene rings is 1. The SMILES string of the molecule is COC(=O)[C@H](CCC(=O)N1CCC(Cn2c(O)ccc2O)CC1)NC(=O)[C@@H]1CCCN1S(=O)(=O)c1ccc(C)cc1. The van der Waals surface area contributed by atoms with Crippen LogP contribution in [0.25, 0.3) is 0 Å². The van der Waals surface area contributed by atoms with E-state index in [0.717, 1.165) is 5.56 Å². The van der Waals surface area contributed by atoms with Crippen molar-refractivity contribution in [1.82, 2.24) is 19.1 Å². The van der Waals surface area contributed by atoms with Gasteiger partial charge in [-0.15, -0.1) is 0 Å². The number of ether oxygens (including phenoxy) is 1. The monoisotopic (exact) mass is 590 g/mol. The third kappa shape index (κ3) is 7.02. The van der Waals surface area contributed by atoms with E-state index >= 15 is 0 Å². The van der Waals surface area contributed by atoms with Crippen molar-refractivity contribution < 1.29 is 37.8 Å². The number of aryl methyl sites for hydroxylation is 1. The first kappa shape index (κ1) is 30.4. The predicted molar refractivity (Wildman–Crippen MR) is 148 cm³/mol. The molecule has 0 unspecified atom stereocenters. The molecule has 0 bridgehead atoms. The Morgan fingerprint density at radius 1 is 1.00 bits per heavy atom. The number of aromatic nitrogens is 1. The summed E-state index contributed by atoms with van der Waals surface area (Å²) in [6.07, 6.45) is 2.21. The number of amides is 2. The van der Waals surface area contributed by atoms with Gasteiger partial charge in [-0.2, -0.15) is 4.31 Å². The molecule has 2 aromatic rings. The molecule has 0 radical (unpaired) electrons. The minimum absolute atomic E-state index is 0.0000633.